The number of hydrogen-bond acceptors (Lipinski definition) is 2. The number of benzene rings is 1. The van der Waals surface area contributed by atoms with Gasteiger partial charge >= 0.3 is 0 Å². The van der Waals surface area contributed by atoms with Gasteiger partial charge in [0.15, 0.2) is 0 Å². The lowest BCUT2D eigenvalue weighted by Crippen LogP contribution is -2.00. The number of anilines is 1. The van der Waals surface area contributed by atoms with Crippen LogP contribution in [0.25, 0.3) is 11.3 Å². The van der Waals surface area contributed by atoms with Crippen molar-refractivity contribution in [2.24, 2.45) is 0 Å². The molecular weight excluding hydrogens is 217 g/mol. The Morgan fingerprint density at radius 3 is 2.82 bits per heavy atom. The summed E-state index contributed by atoms with van der Waals surface area (Å²) in [6.45, 7) is 1.87. The summed E-state index contributed by atoms with van der Waals surface area (Å²) in [7, 11) is 0. The number of aromatic nitrogens is 2. The third-order valence-corrected chi connectivity index (χ3v) is 3.22. The molecule has 1 aliphatic carbocycles. The van der Waals surface area contributed by atoms with Crippen molar-refractivity contribution in [1.82, 2.24) is 9.55 Å². The normalized spacial score (nSPS) is 15.2. The molecule has 0 unspecified atom stereocenters. The molecule has 17 heavy (non-hydrogen) atoms. The van der Waals surface area contributed by atoms with Crippen LogP contribution in [-0.4, -0.2) is 9.55 Å². The molecule has 2 N–H and O–H groups in total. The molecule has 0 atom stereocenters. The van der Waals surface area contributed by atoms with Gasteiger partial charge in [0.1, 0.15) is 17.3 Å². The fraction of sp³-hybridized carbons (Fsp3) is 0.308. The fourth-order valence-corrected chi connectivity index (χ4v) is 2.11. The molecule has 1 heterocycles. The van der Waals surface area contributed by atoms with Crippen LogP contribution in [0.5, 0.6) is 0 Å². The Morgan fingerprint density at radius 2 is 2.18 bits per heavy atom. The molecule has 4 heteroatoms. The van der Waals surface area contributed by atoms with E-state index in [1.54, 1.807) is 12.4 Å². The van der Waals surface area contributed by atoms with Gasteiger partial charge < -0.3 is 10.3 Å². The van der Waals surface area contributed by atoms with Gasteiger partial charge in [-0.25, -0.2) is 9.37 Å². The van der Waals surface area contributed by atoms with Gasteiger partial charge in [0.05, 0.1) is 6.33 Å². The van der Waals surface area contributed by atoms with Gasteiger partial charge in [-0.2, -0.15) is 0 Å². The molecule has 0 bridgehead atoms. The standard InChI is InChI=1S/C13H14FN3/c1-8-6-9(14)2-5-11(8)12-13(15)17(7-16-12)10-3-4-10/h2,5-7,10H,3-4,15H2,1H3. The lowest BCUT2D eigenvalue weighted by Gasteiger charge is -2.06. The summed E-state index contributed by atoms with van der Waals surface area (Å²) >= 11 is 0. The van der Waals surface area contributed by atoms with Crippen molar-refractivity contribution < 1.29 is 4.39 Å². The number of imidazole rings is 1. The Morgan fingerprint density at radius 1 is 1.41 bits per heavy atom. The predicted molar refractivity (Wildman–Crippen MR) is 65.0 cm³/mol. The first-order chi connectivity index (χ1) is 8.16. The maximum absolute atomic E-state index is 13.1. The lowest BCUT2D eigenvalue weighted by atomic mass is 10.1. The van der Waals surface area contributed by atoms with Crippen LogP contribution < -0.4 is 5.73 Å². The SMILES string of the molecule is Cc1cc(F)ccc1-c1ncn(C2CC2)c1N. The first-order valence-electron chi connectivity index (χ1n) is 5.75. The van der Waals surface area contributed by atoms with Crippen molar-refractivity contribution in [2.75, 3.05) is 5.73 Å². The molecule has 88 valence electrons. The largest absolute Gasteiger partial charge is 0.383 e. The van der Waals surface area contributed by atoms with E-state index in [2.05, 4.69) is 4.98 Å². The van der Waals surface area contributed by atoms with Crippen molar-refractivity contribution in [2.45, 2.75) is 25.8 Å². The van der Waals surface area contributed by atoms with Crippen LogP contribution in [0.15, 0.2) is 24.5 Å². The van der Waals surface area contributed by atoms with Gasteiger partial charge in [0.2, 0.25) is 0 Å². The molecule has 0 radical (unpaired) electrons. The van der Waals surface area contributed by atoms with Gasteiger partial charge in [-0.05, 0) is 43.5 Å². The van der Waals surface area contributed by atoms with Crippen molar-refractivity contribution in [1.29, 1.82) is 0 Å². The molecule has 1 aliphatic rings. The van der Waals surface area contributed by atoms with Gasteiger partial charge in [-0.3, -0.25) is 0 Å². The summed E-state index contributed by atoms with van der Waals surface area (Å²) in [4.78, 5) is 4.35. The maximum atomic E-state index is 13.1. The lowest BCUT2D eigenvalue weighted by molar-refractivity contribution is 0.627. The van der Waals surface area contributed by atoms with Crippen LogP contribution in [0.4, 0.5) is 10.2 Å². The first-order valence-corrected chi connectivity index (χ1v) is 5.75. The summed E-state index contributed by atoms with van der Waals surface area (Å²) in [6.07, 6.45) is 4.12. The average molecular weight is 231 g/mol. The van der Waals surface area contributed by atoms with Crippen molar-refractivity contribution in [3.8, 4) is 11.3 Å². The highest BCUT2D eigenvalue weighted by Crippen LogP contribution is 2.39. The third kappa shape index (κ3) is 1.69. The van der Waals surface area contributed by atoms with E-state index in [1.165, 1.54) is 25.0 Å². The first kappa shape index (κ1) is 10.3. The summed E-state index contributed by atoms with van der Waals surface area (Å²) < 4.78 is 15.1. The second-order valence-electron chi connectivity index (χ2n) is 4.58. The zero-order valence-electron chi connectivity index (χ0n) is 9.65. The minimum atomic E-state index is -0.230. The highest BCUT2D eigenvalue weighted by atomic mass is 19.1. The van der Waals surface area contributed by atoms with Crippen molar-refractivity contribution in [3.05, 3.63) is 35.9 Å². The monoisotopic (exact) mass is 231 g/mol. The van der Waals surface area contributed by atoms with Crippen LogP contribution in [0.1, 0.15) is 24.4 Å². The minimum absolute atomic E-state index is 0.230. The van der Waals surface area contributed by atoms with Crippen LogP contribution in [0.2, 0.25) is 0 Å². The third-order valence-electron chi connectivity index (χ3n) is 3.22. The van der Waals surface area contributed by atoms with Gasteiger partial charge in [-0.15, -0.1) is 0 Å². The highest BCUT2D eigenvalue weighted by Gasteiger charge is 2.26. The highest BCUT2D eigenvalue weighted by molar-refractivity contribution is 5.73. The number of hydrogen-bond donors (Lipinski definition) is 1. The zero-order valence-corrected chi connectivity index (χ0v) is 9.65. The Labute approximate surface area is 99.1 Å². The van der Waals surface area contributed by atoms with E-state index in [1.807, 2.05) is 11.5 Å². The Kier molecular flexibility index (Phi) is 2.18. The van der Waals surface area contributed by atoms with Gasteiger partial charge in [0.25, 0.3) is 0 Å². The zero-order chi connectivity index (χ0) is 12.0. The summed E-state index contributed by atoms with van der Waals surface area (Å²) in [5, 5.41) is 0. The molecule has 3 rings (SSSR count). The average Bonchev–Trinajstić information content (AvgIpc) is 3.04. The van der Waals surface area contributed by atoms with Crippen LogP contribution in [0, 0.1) is 12.7 Å². The van der Waals surface area contributed by atoms with Crippen molar-refractivity contribution >= 4 is 5.82 Å². The number of halogens is 1. The number of rotatable bonds is 2. The molecule has 0 amide bonds. The van der Waals surface area contributed by atoms with Crippen LogP contribution >= 0.6 is 0 Å². The Hall–Kier alpha value is -1.84. The molecule has 1 aromatic heterocycles. The molecule has 0 aliphatic heterocycles. The second-order valence-corrected chi connectivity index (χ2v) is 4.58. The smallest absolute Gasteiger partial charge is 0.131 e. The summed E-state index contributed by atoms with van der Waals surface area (Å²) in [6, 6.07) is 5.20. The van der Waals surface area contributed by atoms with Crippen molar-refractivity contribution in [3.63, 3.8) is 0 Å². The molecule has 0 spiro atoms. The summed E-state index contributed by atoms with van der Waals surface area (Å²) in [5.41, 5.74) is 8.61. The van der Waals surface area contributed by atoms with E-state index < -0.39 is 0 Å². The molecule has 2 aromatic rings. The van der Waals surface area contributed by atoms with E-state index in [0.29, 0.717) is 11.9 Å². The van der Waals surface area contributed by atoms with E-state index >= 15 is 0 Å². The van der Waals surface area contributed by atoms with Crippen LogP contribution in [-0.2, 0) is 0 Å². The fourth-order valence-electron chi connectivity index (χ4n) is 2.11. The quantitative estimate of drug-likeness (QED) is 0.863. The Bertz CT molecular complexity index is 570. The molecular formula is C13H14FN3. The number of nitrogens with two attached hydrogens (primary N) is 1. The second kappa shape index (κ2) is 3.58. The molecule has 3 nitrogen and oxygen atoms in total. The topological polar surface area (TPSA) is 43.8 Å². The van der Waals surface area contributed by atoms with Gasteiger partial charge in [0, 0.05) is 11.6 Å². The van der Waals surface area contributed by atoms with E-state index in [4.69, 9.17) is 5.73 Å². The summed E-state index contributed by atoms with van der Waals surface area (Å²) in [5.74, 6) is 0.452. The predicted octanol–water partition coefficient (Wildman–Crippen LogP) is 2.91. The Balaban J connectivity index is 2.08. The number of nitrogen functional groups attached to an aromatic ring is 1. The minimum Gasteiger partial charge on any atom is -0.383 e. The molecule has 1 fully saturated rings. The van der Waals surface area contributed by atoms with Gasteiger partial charge in [-0.1, -0.05) is 0 Å². The number of nitrogens with zero attached hydrogens (tertiary/aromatic N) is 2. The molecule has 0 saturated heterocycles. The van der Waals surface area contributed by atoms with E-state index in [9.17, 15) is 4.39 Å². The van der Waals surface area contributed by atoms with E-state index in [-0.39, 0.29) is 5.82 Å². The number of aryl methyl sites for hydroxylation is 1. The van der Waals surface area contributed by atoms with Crippen LogP contribution in [0.3, 0.4) is 0 Å². The molecule has 1 saturated carbocycles. The van der Waals surface area contributed by atoms with E-state index in [0.717, 1.165) is 16.8 Å². The molecule has 1 aromatic carbocycles. The maximum Gasteiger partial charge on any atom is 0.131 e.